The average molecular weight is 329 g/mol. The molecule has 0 N–H and O–H groups in total. The van der Waals surface area contributed by atoms with Crippen LogP contribution in [0, 0.1) is 20.8 Å². The van der Waals surface area contributed by atoms with Gasteiger partial charge in [-0.1, -0.05) is 51.8 Å². The van der Waals surface area contributed by atoms with Crippen LogP contribution < -0.4 is 0 Å². The maximum absolute atomic E-state index is 3.93. The standard InChI is InChI=1S/C19H21Br/c1-12-9-13(2)18(14(3)10-12)19(20)17-8-7-15-5-4-6-16(15)11-17/h7-11,19H,4-6H2,1-3H3. The van der Waals surface area contributed by atoms with Crippen LogP contribution in [0.5, 0.6) is 0 Å². The van der Waals surface area contributed by atoms with E-state index in [4.69, 9.17) is 0 Å². The fourth-order valence-electron chi connectivity index (χ4n) is 3.51. The fourth-order valence-corrected chi connectivity index (χ4v) is 4.51. The summed E-state index contributed by atoms with van der Waals surface area (Å²) in [5.41, 5.74) is 10.0. The van der Waals surface area contributed by atoms with Gasteiger partial charge in [-0.25, -0.2) is 0 Å². The molecule has 0 fully saturated rings. The van der Waals surface area contributed by atoms with Crippen molar-refractivity contribution in [1.29, 1.82) is 0 Å². The second-order valence-corrected chi connectivity index (χ2v) is 6.97. The number of alkyl halides is 1. The second-order valence-electron chi connectivity index (χ2n) is 6.06. The Balaban J connectivity index is 2.03. The Kier molecular flexibility index (Phi) is 3.72. The predicted molar refractivity (Wildman–Crippen MR) is 89.9 cm³/mol. The van der Waals surface area contributed by atoms with Gasteiger partial charge in [0.05, 0.1) is 4.83 Å². The minimum atomic E-state index is 0.300. The van der Waals surface area contributed by atoms with Gasteiger partial charge in [0.15, 0.2) is 0 Å². The summed E-state index contributed by atoms with van der Waals surface area (Å²) in [6.45, 7) is 6.61. The second kappa shape index (κ2) is 5.37. The minimum Gasteiger partial charge on any atom is -0.0786 e. The summed E-state index contributed by atoms with van der Waals surface area (Å²) >= 11 is 3.93. The Morgan fingerprint density at radius 2 is 1.55 bits per heavy atom. The molecule has 1 unspecified atom stereocenters. The first-order chi connectivity index (χ1) is 9.56. The molecule has 0 bridgehead atoms. The lowest BCUT2D eigenvalue weighted by molar-refractivity contribution is 0.911. The summed E-state index contributed by atoms with van der Waals surface area (Å²) in [5, 5.41) is 0. The van der Waals surface area contributed by atoms with Crippen molar-refractivity contribution in [2.75, 3.05) is 0 Å². The molecule has 0 radical (unpaired) electrons. The molecular formula is C19H21Br. The van der Waals surface area contributed by atoms with Gasteiger partial charge in [-0.3, -0.25) is 0 Å². The van der Waals surface area contributed by atoms with Crippen LogP contribution >= 0.6 is 15.9 Å². The van der Waals surface area contributed by atoms with Gasteiger partial charge in [0, 0.05) is 0 Å². The maximum Gasteiger partial charge on any atom is 0.0649 e. The van der Waals surface area contributed by atoms with Crippen molar-refractivity contribution >= 4 is 15.9 Å². The zero-order valence-electron chi connectivity index (χ0n) is 12.5. The zero-order valence-corrected chi connectivity index (χ0v) is 14.0. The normalized spacial score (nSPS) is 15.2. The van der Waals surface area contributed by atoms with E-state index in [-0.39, 0.29) is 0 Å². The van der Waals surface area contributed by atoms with E-state index >= 15 is 0 Å². The van der Waals surface area contributed by atoms with Crippen LogP contribution in [-0.2, 0) is 12.8 Å². The zero-order chi connectivity index (χ0) is 14.3. The molecule has 104 valence electrons. The Hall–Kier alpha value is -1.08. The van der Waals surface area contributed by atoms with Gasteiger partial charge in [0.1, 0.15) is 0 Å². The highest BCUT2D eigenvalue weighted by molar-refractivity contribution is 9.09. The van der Waals surface area contributed by atoms with Crippen LogP contribution in [0.15, 0.2) is 30.3 Å². The molecule has 0 amide bonds. The summed E-state index contributed by atoms with van der Waals surface area (Å²) in [6, 6.07) is 11.6. The maximum atomic E-state index is 3.93. The molecule has 20 heavy (non-hydrogen) atoms. The first kappa shape index (κ1) is 13.9. The molecule has 1 aliphatic rings. The molecule has 0 saturated carbocycles. The Morgan fingerprint density at radius 1 is 0.900 bits per heavy atom. The van der Waals surface area contributed by atoms with Gasteiger partial charge in [-0.2, -0.15) is 0 Å². The molecule has 2 aromatic rings. The van der Waals surface area contributed by atoms with Gasteiger partial charge in [-0.15, -0.1) is 0 Å². The SMILES string of the molecule is Cc1cc(C)c(C(Br)c2ccc3c(c2)CCC3)c(C)c1. The number of aryl methyl sites for hydroxylation is 5. The molecule has 1 atom stereocenters. The van der Waals surface area contributed by atoms with E-state index in [1.807, 2.05) is 0 Å². The van der Waals surface area contributed by atoms with E-state index in [0.29, 0.717) is 4.83 Å². The van der Waals surface area contributed by atoms with Crippen LogP contribution in [0.4, 0.5) is 0 Å². The predicted octanol–water partition coefficient (Wildman–Crippen LogP) is 5.58. The van der Waals surface area contributed by atoms with Crippen molar-refractivity contribution in [2.45, 2.75) is 44.9 Å². The first-order valence-corrected chi connectivity index (χ1v) is 8.31. The third kappa shape index (κ3) is 2.44. The largest absolute Gasteiger partial charge is 0.0786 e. The topological polar surface area (TPSA) is 0 Å². The lowest BCUT2D eigenvalue weighted by Crippen LogP contribution is -2.01. The van der Waals surface area contributed by atoms with Gasteiger partial charge in [0.2, 0.25) is 0 Å². The Bertz CT molecular complexity index is 632. The fraction of sp³-hybridized carbons (Fsp3) is 0.368. The first-order valence-electron chi connectivity index (χ1n) is 7.40. The summed E-state index contributed by atoms with van der Waals surface area (Å²) in [5.74, 6) is 0. The Morgan fingerprint density at radius 3 is 2.25 bits per heavy atom. The molecule has 1 aliphatic carbocycles. The van der Waals surface area contributed by atoms with Crippen LogP contribution in [0.3, 0.4) is 0 Å². The summed E-state index contributed by atoms with van der Waals surface area (Å²) in [4.78, 5) is 0.300. The van der Waals surface area contributed by atoms with Crippen molar-refractivity contribution in [3.63, 3.8) is 0 Å². The lowest BCUT2D eigenvalue weighted by Gasteiger charge is -2.18. The van der Waals surface area contributed by atoms with Crippen LogP contribution in [-0.4, -0.2) is 0 Å². The Labute approximate surface area is 130 Å². The highest BCUT2D eigenvalue weighted by atomic mass is 79.9. The molecule has 0 aromatic heterocycles. The van der Waals surface area contributed by atoms with E-state index in [1.54, 1.807) is 11.1 Å². The van der Waals surface area contributed by atoms with Crippen molar-refractivity contribution < 1.29 is 0 Å². The smallest absolute Gasteiger partial charge is 0.0649 e. The highest BCUT2D eigenvalue weighted by Gasteiger charge is 2.18. The molecule has 0 spiro atoms. The number of halogens is 1. The van der Waals surface area contributed by atoms with Gasteiger partial charge in [-0.05, 0) is 73.4 Å². The summed E-state index contributed by atoms with van der Waals surface area (Å²) in [6.07, 6.45) is 3.81. The number of hydrogen-bond acceptors (Lipinski definition) is 0. The van der Waals surface area contributed by atoms with E-state index in [9.17, 15) is 0 Å². The molecule has 0 saturated heterocycles. The lowest BCUT2D eigenvalue weighted by atomic mass is 9.93. The third-order valence-corrected chi connectivity index (χ3v) is 5.39. The van der Waals surface area contributed by atoms with Crippen LogP contribution in [0.1, 0.15) is 50.2 Å². The van der Waals surface area contributed by atoms with Crippen LogP contribution in [0.25, 0.3) is 0 Å². The van der Waals surface area contributed by atoms with Crippen molar-refractivity contribution in [3.05, 3.63) is 69.3 Å². The van der Waals surface area contributed by atoms with Crippen LogP contribution in [0.2, 0.25) is 0 Å². The molecule has 0 aliphatic heterocycles. The third-order valence-electron chi connectivity index (χ3n) is 4.41. The van der Waals surface area contributed by atoms with Gasteiger partial charge >= 0.3 is 0 Å². The van der Waals surface area contributed by atoms with Gasteiger partial charge < -0.3 is 0 Å². The molecule has 1 heteroatoms. The van der Waals surface area contributed by atoms with E-state index in [0.717, 1.165) is 0 Å². The van der Waals surface area contributed by atoms with E-state index < -0.39 is 0 Å². The molecular weight excluding hydrogens is 308 g/mol. The monoisotopic (exact) mass is 328 g/mol. The molecule has 0 nitrogen and oxygen atoms in total. The average Bonchev–Trinajstić information content (AvgIpc) is 2.84. The number of fused-ring (bicyclic) bond motifs is 1. The van der Waals surface area contributed by atoms with E-state index in [2.05, 4.69) is 67.0 Å². The number of rotatable bonds is 2. The van der Waals surface area contributed by atoms with E-state index in [1.165, 1.54) is 47.1 Å². The summed E-state index contributed by atoms with van der Waals surface area (Å²) in [7, 11) is 0. The number of hydrogen-bond donors (Lipinski definition) is 0. The summed E-state index contributed by atoms with van der Waals surface area (Å²) < 4.78 is 0. The van der Waals surface area contributed by atoms with Gasteiger partial charge in [0.25, 0.3) is 0 Å². The van der Waals surface area contributed by atoms with Crippen molar-refractivity contribution in [1.82, 2.24) is 0 Å². The van der Waals surface area contributed by atoms with Crippen molar-refractivity contribution in [3.8, 4) is 0 Å². The molecule has 2 aromatic carbocycles. The molecule has 0 heterocycles. The number of benzene rings is 2. The van der Waals surface area contributed by atoms with Crippen molar-refractivity contribution in [2.24, 2.45) is 0 Å². The highest BCUT2D eigenvalue weighted by Crippen LogP contribution is 2.37. The minimum absolute atomic E-state index is 0.300. The quantitative estimate of drug-likeness (QED) is 0.631. The molecule has 3 rings (SSSR count).